The Balaban J connectivity index is 2.16. The summed E-state index contributed by atoms with van der Waals surface area (Å²) in [6.07, 6.45) is 1.16. The number of carbonyl (C=O) groups is 1. The number of benzene rings is 1. The molecule has 0 saturated heterocycles. The quantitative estimate of drug-likeness (QED) is 0.921. The summed E-state index contributed by atoms with van der Waals surface area (Å²) >= 11 is 0. The highest BCUT2D eigenvalue weighted by Crippen LogP contribution is 2.17. The molecule has 18 heavy (non-hydrogen) atoms. The fourth-order valence-corrected chi connectivity index (χ4v) is 2.81. The Kier molecular flexibility index (Phi) is 3.62. The average molecular weight is 264 g/mol. The molecule has 1 aromatic carbocycles. The van der Waals surface area contributed by atoms with Crippen LogP contribution in [-0.4, -0.2) is 15.3 Å². The molecule has 0 aliphatic carbocycles. The van der Waals surface area contributed by atoms with Gasteiger partial charge in [-0.25, -0.2) is 4.79 Å². The lowest BCUT2D eigenvalue weighted by molar-refractivity contribution is 0.0696. The molecule has 1 atom stereocenters. The van der Waals surface area contributed by atoms with E-state index in [1.807, 2.05) is 25.1 Å². The van der Waals surface area contributed by atoms with Gasteiger partial charge in [0.15, 0.2) is 0 Å². The molecular weight excluding hydrogens is 252 g/mol. The highest BCUT2D eigenvalue weighted by atomic mass is 32.2. The van der Waals surface area contributed by atoms with Crippen LogP contribution in [0.15, 0.2) is 45.9 Å². The number of aromatic carboxylic acids is 1. The minimum Gasteiger partial charge on any atom is -0.478 e. The highest BCUT2D eigenvalue weighted by Gasteiger charge is 2.13. The molecule has 0 fully saturated rings. The van der Waals surface area contributed by atoms with Gasteiger partial charge in [-0.2, -0.15) is 0 Å². The molecule has 0 aliphatic heterocycles. The van der Waals surface area contributed by atoms with Crippen LogP contribution < -0.4 is 0 Å². The molecule has 94 valence electrons. The smallest absolute Gasteiger partial charge is 0.338 e. The van der Waals surface area contributed by atoms with Gasteiger partial charge in [-0.05, 0) is 24.6 Å². The Morgan fingerprint density at radius 2 is 2.11 bits per heavy atom. The molecular formula is C13H12O4S. The summed E-state index contributed by atoms with van der Waals surface area (Å²) in [4.78, 5) is 11.4. The van der Waals surface area contributed by atoms with Crippen LogP contribution >= 0.6 is 0 Å². The Morgan fingerprint density at radius 3 is 2.72 bits per heavy atom. The maximum absolute atomic E-state index is 12.1. The fourth-order valence-electron chi connectivity index (χ4n) is 1.59. The molecule has 5 heteroatoms. The zero-order valence-electron chi connectivity index (χ0n) is 9.75. The second-order valence-corrected chi connectivity index (χ2v) is 5.28. The van der Waals surface area contributed by atoms with Gasteiger partial charge in [-0.3, -0.25) is 4.21 Å². The van der Waals surface area contributed by atoms with E-state index in [1.165, 1.54) is 6.07 Å². The summed E-state index contributed by atoms with van der Waals surface area (Å²) in [5.41, 5.74) is 1.02. The van der Waals surface area contributed by atoms with Crippen LogP contribution in [0, 0.1) is 6.92 Å². The predicted molar refractivity (Wildman–Crippen MR) is 67.0 cm³/mol. The molecule has 1 aromatic heterocycles. The number of hydrogen-bond donors (Lipinski definition) is 1. The third-order valence-electron chi connectivity index (χ3n) is 2.51. The molecule has 4 nitrogen and oxygen atoms in total. The van der Waals surface area contributed by atoms with Gasteiger partial charge in [-0.15, -0.1) is 0 Å². The van der Waals surface area contributed by atoms with Crippen LogP contribution in [0.25, 0.3) is 0 Å². The first kappa shape index (κ1) is 12.6. The van der Waals surface area contributed by atoms with Gasteiger partial charge in [0, 0.05) is 4.90 Å². The van der Waals surface area contributed by atoms with Crippen molar-refractivity contribution in [2.45, 2.75) is 17.6 Å². The maximum atomic E-state index is 12.1. The lowest BCUT2D eigenvalue weighted by atomic mass is 10.2. The lowest BCUT2D eigenvalue weighted by Gasteiger charge is -2.03. The Bertz CT molecular complexity index is 601. The van der Waals surface area contributed by atoms with Crippen LogP contribution in [0.2, 0.25) is 0 Å². The lowest BCUT2D eigenvalue weighted by Crippen LogP contribution is -1.98. The molecule has 0 aliphatic rings. The molecule has 1 N–H and O–H groups in total. The van der Waals surface area contributed by atoms with Crippen molar-refractivity contribution in [3.8, 4) is 0 Å². The molecule has 0 spiro atoms. The zero-order chi connectivity index (χ0) is 13.1. The highest BCUT2D eigenvalue weighted by molar-refractivity contribution is 7.84. The Morgan fingerprint density at radius 1 is 1.39 bits per heavy atom. The van der Waals surface area contributed by atoms with Crippen molar-refractivity contribution < 1.29 is 18.5 Å². The van der Waals surface area contributed by atoms with E-state index in [9.17, 15) is 9.00 Å². The van der Waals surface area contributed by atoms with Crippen LogP contribution in [0.5, 0.6) is 0 Å². The summed E-state index contributed by atoms with van der Waals surface area (Å²) in [7, 11) is -1.23. The van der Waals surface area contributed by atoms with Gasteiger partial charge >= 0.3 is 5.97 Å². The van der Waals surface area contributed by atoms with Crippen molar-refractivity contribution in [3.05, 3.63) is 53.5 Å². The largest absolute Gasteiger partial charge is 0.478 e. The van der Waals surface area contributed by atoms with E-state index in [1.54, 1.807) is 6.07 Å². The van der Waals surface area contributed by atoms with E-state index in [0.29, 0.717) is 5.76 Å². The molecule has 1 unspecified atom stereocenters. The van der Waals surface area contributed by atoms with E-state index in [-0.39, 0.29) is 11.3 Å². The minimum absolute atomic E-state index is 0.0757. The molecule has 2 rings (SSSR count). The number of hydrogen-bond acceptors (Lipinski definition) is 3. The molecule has 0 radical (unpaired) electrons. The van der Waals surface area contributed by atoms with Crippen molar-refractivity contribution in [2.75, 3.05) is 0 Å². The van der Waals surface area contributed by atoms with Gasteiger partial charge in [0.05, 0.1) is 22.1 Å². The third kappa shape index (κ3) is 2.68. The van der Waals surface area contributed by atoms with E-state index in [2.05, 4.69) is 0 Å². The molecule has 2 aromatic rings. The van der Waals surface area contributed by atoms with Crippen LogP contribution in [0.4, 0.5) is 0 Å². The van der Waals surface area contributed by atoms with Crippen molar-refractivity contribution in [2.24, 2.45) is 0 Å². The first-order chi connectivity index (χ1) is 8.58. The summed E-state index contributed by atoms with van der Waals surface area (Å²) in [5, 5.41) is 8.76. The van der Waals surface area contributed by atoms with Crippen molar-refractivity contribution in [1.29, 1.82) is 0 Å². The van der Waals surface area contributed by atoms with Gasteiger partial charge in [0.2, 0.25) is 0 Å². The molecule has 1 heterocycles. The molecule has 0 saturated carbocycles. The van der Waals surface area contributed by atoms with Gasteiger partial charge < -0.3 is 9.52 Å². The fraction of sp³-hybridized carbons (Fsp3) is 0.154. The average Bonchev–Trinajstić information content (AvgIpc) is 2.78. The van der Waals surface area contributed by atoms with Crippen molar-refractivity contribution in [1.82, 2.24) is 0 Å². The number of carboxylic acids is 1. The van der Waals surface area contributed by atoms with Crippen molar-refractivity contribution >= 4 is 16.8 Å². The predicted octanol–water partition coefficient (Wildman–Crippen LogP) is 2.59. The first-order valence-corrected chi connectivity index (χ1v) is 6.64. The first-order valence-electron chi connectivity index (χ1n) is 5.32. The maximum Gasteiger partial charge on any atom is 0.338 e. The normalized spacial score (nSPS) is 12.3. The van der Waals surface area contributed by atoms with Crippen LogP contribution in [0.1, 0.15) is 21.7 Å². The van der Waals surface area contributed by atoms with Gasteiger partial charge in [0.1, 0.15) is 12.0 Å². The van der Waals surface area contributed by atoms with E-state index in [4.69, 9.17) is 9.52 Å². The van der Waals surface area contributed by atoms with E-state index in [0.717, 1.165) is 16.7 Å². The van der Waals surface area contributed by atoms with E-state index >= 15 is 0 Å². The number of aryl methyl sites for hydroxylation is 1. The number of rotatable bonds is 4. The van der Waals surface area contributed by atoms with Crippen LogP contribution in [-0.2, 0) is 16.6 Å². The van der Waals surface area contributed by atoms with Crippen molar-refractivity contribution in [3.63, 3.8) is 0 Å². The molecule has 0 bridgehead atoms. The number of furan rings is 1. The second-order valence-electron chi connectivity index (χ2n) is 3.86. The number of carboxylic acid groups (broad SMARTS) is 1. The summed E-state index contributed by atoms with van der Waals surface area (Å²) in [6.45, 7) is 1.89. The standard InChI is InChI=1S/C13H12O4S/c1-9-4-2-3-5-12(9)18(16)8-11-6-10(7-17-11)13(14)15/h2-7H,8H2,1H3,(H,14,15). The topological polar surface area (TPSA) is 67.5 Å². The monoisotopic (exact) mass is 264 g/mol. The van der Waals surface area contributed by atoms with E-state index < -0.39 is 16.8 Å². The third-order valence-corrected chi connectivity index (χ3v) is 4.01. The van der Waals surface area contributed by atoms with Gasteiger partial charge in [0.25, 0.3) is 0 Å². The molecule has 0 amide bonds. The minimum atomic E-state index is -1.23. The summed E-state index contributed by atoms with van der Waals surface area (Å²) < 4.78 is 17.2. The summed E-state index contributed by atoms with van der Waals surface area (Å²) in [6, 6.07) is 8.79. The van der Waals surface area contributed by atoms with Gasteiger partial charge in [-0.1, -0.05) is 18.2 Å². The Hall–Kier alpha value is -1.88. The van der Waals surface area contributed by atoms with Crippen LogP contribution in [0.3, 0.4) is 0 Å². The summed E-state index contributed by atoms with van der Waals surface area (Å²) in [5.74, 6) is -0.460. The zero-order valence-corrected chi connectivity index (χ0v) is 10.6. The Labute approximate surface area is 107 Å². The SMILES string of the molecule is Cc1ccccc1S(=O)Cc1cc(C(=O)O)co1. The second kappa shape index (κ2) is 5.18.